The van der Waals surface area contributed by atoms with E-state index in [1.165, 1.54) is 11.9 Å². The molecule has 0 spiro atoms. The molecule has 29 heavy (non-hydrogen) atoms. The van der Waals surface area contributed by atoms with E-state index < -0.39 is 0 Å². The minimum absolute atomic E-state index is 0.237. The van der Waals surface area contributed by atoms with E-state index in [-0.39, 0.29) is 6.03 Å². The van der Waals surface area contributed by atoms with Crippen LogP contribution in [0.3, 0.4) is 0 Å². The van der Waals surface area contributed by atoms with Gasteiger partial charge in [-0.1, -0.05) is 23.8 Å². The summed E-state index contributed by atoms with van der Waals surface area (Å²) in [5, 5.41) is 11.1. The van der Waals surface area contributed by atoms with Crippen molar-refractivity contribution in [2.75, 3.05) is 11.1 Å². The van der Waals surface area contributed by atoms with Crippen LogP contribution in [0, 0.1) is 6.92 Å². The number of benzene rings is 1. The second kappa shape index (κ2) is 7.75. The first-order valence-corrected chi connectivity index (χ1v) is 9.45. The molecule has 1 aliphatic carbocycles. The van der Waals surface area contributed by atoms with Crippen LogP contribution in [0.4, 0.5) is 16.3 Å². The van der Waals surface area contributed by atoms with E-state index in [0.29, 0.717) is 12.2 Å². The van der Waals surface area contributed by atoms with E-state index in [1.807, 2.05) is 50.4 Å². The van der Waals surface area contributed by atoms with Gasteiger partial charge < -0.3 is 16.4 Å². The Kier molecular flexibility index (Phi) is 4.99. The molecule has 0 saturated heterocycles. The summed E-state index contributed by atoms with van der Waals surface area (Å²) >= 11 is 0. The normalized spacial score (nSPS) is 13.7. The predicted molar refractivity (Wildman–Crippen MR) is 113 cm³/mol. The smallest absolute Gasteiger partial charge is 0.323 e. The van der Waals surface area contributed by atoms with E-state index in [2.05, 4.69) is 25.7 Å². The Morgan fingerprint density at radius 2 is 2.07 bits per heavy atom. The van der Waals surface area contributed by atoms with Gasteiger partial charge in [-0.25, -0.2) is 14.8 Å². The Hall–Kier alpha value is -3.68. The van der Waals surface area contributed by atoms with E-state index >= 15 is 0 Å². The van der Waals surface area contributed by atoms with Crippen LogP contribution in [0.5, 0.6) is 0 Å². The molecule has 1 aliphatic rings. The highest BCUT2D eigenvalue weighted by Crippen LogP contribution is 2.26. The van der Waals surface area contributed by atoms with Gasteiger partial charge in [-0.15, -0.1) is 0 Å². The molecule has 2 amide bonds. The number of nitrogen functional groups attached to an aromatic ring is 1. The standard InChI is InChI=1S/C21H23N7O/c1-13-4-3-5-16(10-13)26-21(29)25-15-8-6-14(7-9-15)11-17-18-19(22)23-12-24-20(18)28(2)27-17/h3-6,8,10,12H,7,9,11H2,1-2H3,(H2,22,23,24)(H2,25,26,29). The zero-order valence-electron chi connectivity index (χ0n) is 16.4. The van der Waals surface area contributed by atoms with Crippen LogP contribution in [0.2, 0.25) is 0 Å². The van der Waals surface area contributed by atoms with Crippen molar-refractivity contribution < 1.29 is 4.79 Å². The molecule has 148 valence electrons. The molecule has 4 N–H and O–H groups in total. The minimum Gasteiger partial charge on any atom is -0.383 e. The second-order valence-electron chi connectivity index (χ2n) is 7.17. The van der Waals surface area contributed by atoms with Gasteiger partial charge in [0.25, 0.3) is 0 Å². The summed E-state index contributed by atoms with van der Waals surface area (Å²) in [5.41, 5.74) is 11.6. The zero-order valence-corrected chi connectivity index (χ0v) is 16.4. The molecule has 0 unspecified atom stereocenters. The van der Waals surface area contributed by atoms with E-state index in [1.54, 1.807) is 4.68 Å². The van der Waals surface area contributed by atoms with Crippen LogP contribution in [0.15, 0.2) is 54.0 Å². The molecule has 2 aromatic heterocycles. The monoisotopic (exact) mass is 389 g/mol. The summed E-state index contributed by atoms with van der Waals surface area (Å²) in [6.45, 7) is 1.99. The van der Waals surface area contributed by atoms with E-state index in [9.17, 15) is 4.79 Å². The largest absolute Gasteiger partial charge is 0.383 e. The van der Waals surface area contributed by atoms with Crippen LogP contribution < -0.4 is 16.4 Å². The molecule has 0 aliphatic heterocycles. The van der Waals surface area contributed by atoms with E-state index in [0.717, 1.165) is 46.5 Å². The van der Waals surface area contributed by atoms with E-state index in [4.69, 9.17) is 5.73 Å². The summed E-state index contributed by atoms with van der Waals surface area (Å²) in [6, 6.07) is 7.47. The van der Waals surface area contributed by atoms with Crippen LogP contribution in [0.25, 0.3) is 11.0 Å². The number of nitrogens with zero attached hydrogens (tertiary/aromatic N) is 4. The fraction of sp³-hybridized carbons (Fsp3) is 0.238. The Balaban J connectivity index is 1.43. The Morgan fingerprint density at radius 3 is 2.83 bits per heavy atom. The molecule has 0 saturated carbocycles. The van der Waals surface area contributed by atoms with Crippen LogP contribution in [-0.4, -0.2) is 25.8 Å². The predicted octanol–water partition coefficient (Wildman–Crippen LogP) is 3.22. The van der Waals surface area contributed by atoms with Gasteiger partial charge in [-0.3, -0.25) is 4.68 Å². The number of rotatable bonds is 4. The molecule has 2 heterocycles. The molecule has 8 heteroatoms. The van der Waals surface area contributed by atoms with Gasteiger partial charge in [0.15, 0.2) is 5.65 Å². The highest BCUT2D eigenvalue weighted by molar-refractivity contribution is 5.90. The number of hydrogen-bond donors (Lipinski definition) is 3. The first-order chi connectivity index (χ1) is 14.0. The molecule has 8 nitrogen and oxygen atoms in total. The van der Waals surface area contributed by atoms with Crippen molar-refractivity contribution in [3.8, 4) is 0 Å². The van der Waals surface area contributed by atoms with Crippen molar-refractivity contribution >= 4 is 28.6 Å². The van der Waals surface area contributed by atoms with Gasteiger partial charge in [0, 0.05) is 24.9 Å². The molecular formula is C21H23N7O. The third-order valence-electron chi connectivity index (χ3n) is 4.90. The lowest BCUT2D eigenvalue weighted by Gasteiger charge is -2.16. The van der Waals surface area contributed by atoms with Gasteiger partial charge >= 0.3 is 6.03 Å². The molecule has 0 radical (unpaired) electrons. The number of nitrogens with one attached hydrogen (secondary N) is 2. The van der Waals surface area contributed by atoms with Gasteiger partial charge in [0.05, 0.1) is 11.1 Å². The van der Waals surface area contributed by atoms with Gasteiger partial charge in [-0.05, 0) is 43.5 Å². The molecule has 1 aromatic carbocycles. The maximum Gasteiger partial charge on any atom is 0.323 e. The molecule has 3 aromatic rings. The summed E-state index contributed by atoms with van der Waals surface area (Å²) < 4.78 is 1.73. The Labute approximate surface area is 168 Å². The fourth-order valence-corrected chi connectivity index (χ4v) is 3.49. The van der Waals surface area contributed by atoms with Crippen molar-refractivity contribution in [3.63, 3.8) is 0 Å². The quantitative estimate of drug-likeness (QED) is 0.634. The first-order valence-electron chi connectivity index (χ1n) is 9.45. The molecule has 0 fully saturated rings. The lowest BCUT2D eigenvalue weighted by atomic mass is 9.97. The molecule has 0 bridgehead atoms. The highest BCUT2D eigenvalue weighted by atomic mass is 16.2. The topological polar surface area (TPSA) is 111 Å². The minimum atomic E-state index is -0.237. The van der Waals surface area contributed by atoms with Gasteiger partial charge in [-0.2, -0.15) is 5.10 Å². The number of allylic oxidation sites excluding steroid dienone is 4. The van der Waals surface area contributed by atoms with Crippen molar-refractivity contribution in [2.24, 2.45) is 7.05 Å². The first kappa shape index (κ1) is 18.7. The average molecular weight is 389 g/mol. The lowest BCUT2D eigenvalue weighted by molar-refractivity contribution is 0.254. The van der Waals surface area contributed by atoms with Gasteiger partial charge in [0.2, 0.25) is 0 Å². The highest BCUT2D eigenvalue weighted by Gasteiger charge is 2.16. The maximum atomic E-state index is 12.2. The SMILES string of the molecule is Cc1cccc(NC(=O)NC2=CC=C(Cc3nn(C)c4ncnc(N)c34)CC2)c1. The molecular weight excluding hydrogens is 366 g/mol. The number of amides is 2. The number of urea groups is 1. The van der Waals surface area contributed by atoms with Crippen LogP contribution >= 0.6 is 0 Å². The van der Waals surface area contributed by atoms with Crippen molar-refractivity contribution in [2.45, 2.75) is 26.2 Å². The average Bonchev–Trinajstić information content (AvgIpc) is 3.00. The number of anilines is 2. The number of fused-ring (bicyclic) bond motifs is 1. The Bertz CT molecular complexity index is 1140. The third kappa shape index (κ3) is 4.11. The number of nitrogens with two attached hydrogens (primary N) is 1. The summed E-state index contributed by atoms with van der Waals surface area (Å²) in [5.74, 6) is 0.445. The van der Waals surface area contributed by atoms with Gasteiger partial charge in [0.1, 0.15) is 12.1 Å². The summed E-state index contributed by atoms with van der Waals surface area (Å²) in [6.07, 6.45) is 7.69. The van der Waals surface area contributed by atoms with Crippen molar-refractivity contribution in [3.05, 3.63) is 65.3 Å². The lowest BCUT2D eigenvalue weighted by Crippen LogP contribution is -2.28. The number of hydrogen-bond acceptors (Lipinski definition) is 5. The van der Waals surface area contributed by atoms with Crippen LogP contribution in [-0.2, 0) is 13.5 Å². The van der Waals surface area contributed by atoms with Crippen molar-refractivity contribution in [1.29, 1.82) is 0 Å². The maximum absolute atomic E-state index is 12.2. The fourth-order valence-electron chi connectivity index (χ4n) is 3.49. The summed E-state index contributed by atoms with van der Waals surface area (Å²) in [7, 11) is 1.85. The second-order valence-corrected chi connectivity index (χ2v) is 7.17. The number of carbonyl (C=O) groups excluding carboxylic acids is 1. The zero-order chi connectivity index (χ0) is 20.4. The number of aryl methyl sites for hydroxylation is 2. The Morgan fingerprint density at radius 1 is 1.21 bits per heavy atom. The van der Waals surface area contributed by atoms with Crippen LogP contribution in [0.1, 0.15) is 24.1 Å². The third-order valence-corrected chi connectivity index (χ3v) is 4.90. The van der Waals surface area contributed by atoms with Crippen molar-refractivity contribution in [1.82, 2.24) is 25.1 Å². The molecule has 0 atom stereocenters. The molecule has 4 rings (SSSR count). The number of aromatic nitrogens is 4. The summed E-state index contributed by atoms with van der Waals surface area (Å²) in [4.78, 5) is 20.6. The number of carbonyl (C=O) groups is 1.